The average Bonchev–Trinajstić information content (AvgIpc) is 2.04. The predicted octanol–water partition coefficient (Wildman–Crippen LogP) is -2.61. The summed E-state index contributed by atoms with van der Waals surface area (Å²) < 4.78 is 20.1. The molecular formula is C6H16AlNaO4. The van der Waals surface area contributed by atoms with Gasteiger partial charge in [0.2, 0.25) is 0 Å². The van der Waals surface area contributed by atoms with Crippen LogP contribution < -0.4 is 29.6 Å². The van der Waals surface area contributed by atoms with Gasteiger partial charge < -0.3 is 18.5 Å². The first-order valence-corrected chi connectivity index (χ1v) is 4.65. The minimum Gasteiger partial charge on any atom is -1.00 e. The summed E-state index contributed by atoms with van der Waals surface area (Å²) in [4.78, 5) is 0. The normalized spacial score (nSPS) is 14.7. The van der Waals surface area contributed by atoms with Crippen LogP contribution in [0.15, 0.2) is 0 Å². The molecule has 0 aliphatic heterocycles. The Balaban J connectivity index is -0.000000500. The molecule has 0 aromatic carbocycles. The van der Waals surface area contributed by atoms with E-state index in [4.69, 9.17) is 17.1 Å². The van der Waals surface area contributed by atoms with Crippen LogP contribution in [0.5, 0.6) is 0 Å². The third kappa shape index (κ3) is 9.46. The fourth-order valence-corrected chi connectivity index (χ4v) is 1.10. The molecule has 0 bridgehead atoms. The summed E-state index contributed by atoms with van der Waals surface area (Å²) >= 11 is -0.956. The maximum Gasteiger partial charge on any atom is 1.00 e. The molecule has 2 unspecified atom stereocenters. The fraction of sp³-hybridized carbons (Fsp3) is 1.00. The van der Waals surface area contributed by atoms with E-state index in [2.05, 4.69) is 0 Å². The van der Waals surface area contributed by atoms with Crippen molar-refractivity contribution in [2.75, 3.05) is 14.2 Å². The topological polar surface area (TPSA) is 36.9 Å². The van der Waals surface area contributed by atoms with Crippen molar-refractivity contribution in [3.05, 3.63) is 0 Å². The Morgan fingerprint density at radius 1 is 1.00 bits per heavy atom. The molecular weight excluding hydrogens is 186 g/mol. The third-order valence-electron chi connectivity index (χ3n) is 1.27. The maximum absolute atomic E-state index is 5.18. The van der Waals surface area contributed by atoms with Crippen molar-refractivity contribution in [1.82, 2.24) is 0 Å². The molecule has 0 fully saturated rings. The van der Waals surface area contributed by atoms with Crippen molar-refractivity contribution < 1.29 is 48.0 Å². The first-order chi connectivity index (χ1) is 5.20. The van der Waals surface area contributed by atoms with E-state index in [0.717, 1.165) is 0 Å². The van der Waals surface area contributed by atoms with E-state index < -0.39 is 15.9 Å². The van der Waals surface area contributed by atoms with Gasteiger partial charge in [0.15, 0.2) is 0 Å². The smallest absolute Gasteiger partial charge is 1.00 e. The van der Waals surface area contributed by atoms with Crippen LogP contribution in [-0.4, -0.2) is 42.7 Å². The summed E-state index contributed by atoms with van der Waals surface area (Å²) in [6.45, 7) is 3.65. The quantitative estimate of drug-likeness (QED) is 0.349. The van der Waals surface area contributed by atoms with Gasteiger partial charge in [0.25, 0.3) is 0 Å². The van der Waals surface area contributed by atoms with Crippen molar-refractivity contribution in [2.24, 2.45) is 0 Å². The second kappa shape index (κ2) is 10.5. The standard InChI is InChI=1S/2C3H7O2.Al.Na.2H/c2*1-3(4)5-2;;;;/h2*3H,1-2H3;;;;/q2*-1;+2;+1;;-1. The van der Waals surface area contributed by atoms with Gasteiger partial charge in [-0.25, -0.2) is 0 Å². The maximum atomic E-state index is 5.18. The molecule has 0 saturated heterocycles. The minimum absolute atomic E-state index is 0. The van der Waals surface area contributed by atoms with Crippen molar-refractivity contribution >= 4 is 15.9 Å². The first kappa shape index (κ1) is 15.8. The van der Waals surface area contributed by atoms with Gasteiger partial charge in [-0.2, -0.15) is 0 Å². The van der Waals surface area contributed by atoms with Crippen LogP contribution in [0, 0.1) is 0 Å². The summed E-state index contributed by atoms with van der Waals surface area (Å²) in [5.41, 5.74) is 0. The van der Waals surface area contributed by atoms with Crippen LogP contribution in [0.4, 0.5) is 0 Å². The molecule has 0 aromatic heterocycles. The Morgan fingerprint density at radius 2 is 1.33 bits per heavy atom. The van der Waals surface area contributed by atoms with E-state index in [0.29, 0.717) is 0 Å². The van der Waals surface area contributed by atoms with Gasteiger partial charge in [0.1, 0.15) is 12.6 Å². The Hall–Kier alpha value is 1.37. The number of hydrogen-bond acceptors (Lipinski definition) is 4. The first-order valence-electron chi connectivity index (χ1n) is 3.49. The van der Waals surface area contributed by atoms with E-state index >= 15 is 0 Å². The van der Waals surface area contributed by atoms with Crippen molar-refractivity contribution in [3.8, 4) is 0 Å². The molecule has 68 valence electrons. The molecule has 0 aliphatic rings. The van der Waals surface area contributed by atoms with Crippen molar-refractivity contribution in [1.29, 1.82) is 0 Å². The number of hydrogen-bond donors (Lipinski definition) is 0. The van der Waals surface area contributed by atoms with Gasteiger partial charge in [0, 0.05) is 14.2 Å². The third-order valence-corrected chi connectivity index (χ3v) is 2.48. The molecule has 2 atom stereocenters. The van der Waals surface area contributed by atoms with Gasteiger partial charge in [-0.3, -0.25) is 0 Å². The zero-order valence-electron chi connectivity index (χ0n) is 9.49. The average molecular weight is 202 g/mol. The monoisotopic (exact) mass is 202 g/mol. The summed E-state index contributed by atoms with van der Waals surface area (Å²) in [6.07, 6.45) is -0.351. The molecule has 0 radical (unpaired) electrons. The summed E-state index contributed by atoms with van der Waals surface area (Å²) in [5, 5.41) is 0. The van der Waals surface area contributed by atoms with Gasteiger partial charge in [-0.15, -0.1) is 0 Å². The summed E-state index contributed by atoms with van der Waals surface area (Å²) in [5.74, 6) is 0. The van der Waals surface area contributed by atoms with E-state index in [1.54, 1.807) is 14.2 Å². The van der Waals surface area contributed by atoms with Crippen LogP contribution in [0.1, 0.15) is 15.3 Å². The molecule has 0 rings (SSSR count). The van der Waals surface area contributed by atoms with Crippen LogP contribution in [-0.2, 0) is 17.1 Å². The van der Waals surface area contributed by atoms with E-state index in [1.165, 1.54) is 0 Å². The predicted molar refractivity (Wildman–Crippen MR) is 43.4 cm³/mol. The zero-order valence-corrected chi connectivity index (χ0v) is 11.9. The van der Waals surface area contributed by atoms with Gasteiger partial charge in [0.05, 0.1) is 0 Å². The Bertz CT molecular complexity index is 90.7. The van der Waals surface area contributed by atoms with Gasteiger partial charge >= 0.3 is 45.4 Å². The number of methoxy groups -OCH3 is 2. The van der Waals surface area contributed by atoms with Crippen LogP contribution >= 0.6 is 0 Å². The Morgan fingerprint density at radius 3 is 1.58 bits per heavy atom. The second-order valence-corrected chi connectivity index (χ2v) is 2.96. The molecule has 0 heterocycles. The number of ether oxygens (including phenoxy) is 2. The molecule has 4 nitrogen and oxygen atoms in total. The van der Waals surface area contributed by atoms with Crippen molar-refractivity contribution in [3.63, 3.8) is 0 Å². The molecule has 0 N–H and O–H groups in total. The van der Waals surface area contributed by atoms with Crippen molar-refractivity contribution in [2.45, 2.75) is 26.4 Å². The Kier molecular flexibility index (Phi) is 13.8. The molecule has 6 heteroatoms. The van der Waals surface area contributed by atoms with E-state index in [9.17, 15) is 0 Å². The molecule has 0 saturated carbocycles. The van der Waals surface area contributed by atoms with E-state index in [-0.39, 0.29) is 43.6 Å². The van der Waals surface area contributed by atoms with Gasteiger partial charge in [-0.05, 0) is 13.8 Å². The second-order valence-electron chi connectivity index (χ2n) is 2.06. The summed E-state index contributed by atoms with van der Waals surface area (Å²) in [6, 6.07) is 0. The molecule has 0 amide bonds. The molecule has 12 heavy (non-hydrogen) atoms. The zero-order chi connectivity index (χ0) is 8.69. The Labute approximate surface area is 104 Å². The largest absolute Gasteiger partial charge is 1.00 e. The van der Waals surface area contributed by atoms with Crippen LogP contribution in [0.3, 0.4) is 0 Å². The molecule has 0 aliphatic carbocycles. The molecule has 0 spiro atoms. The molecule has 0 aromatic rings. The SMILES string of the molecule is COC(C)[O][AlH][O]C(C)OC.[H-].[Na+]. The van der Waals surface area contributed by atoms with Gasteiger partial charge in [-0.1, -0.05) is 0 Å². The van der Waals surface area contributed by atoms with Crippen LogP contribution in [0.25, 0.3) is 0 Å². The van der Waals surface area contributed by atoms with E-state index in [1.807, 2.05) is 13.8 Å². The number of rotatable bonds is 6. The summed E-state index contributed by atoms with van der Waals surface area (Å²) in [7, 11) is 3.19. The minimum atomic E-state index is -0.956. The fourth-order valence-electron chi connectivity index (χ4n) is 0.367. The van der Waals surface area contributed by atoms with Crippen LogP contribution in [0.2, 0.25) is 0 Å².